The Labute approximate surface area is 182 Å². The first kappa shape index (κ1) is 20.7. The van der Waals surface area contributed by atoms with Gasteiger partial charge >= 0.3 is 0 Å². The van der Waals surface area contributed by atoms with Crippen molar-refractivity contribution >= 4 is 38.3 Å². The highest BCUT2D eigenvalue weighted by molar-refractivity contribution is 7.92. The number of H-pyrrole nitrogens is 1. The van der Waals surface area contributed by atoms with E-state index in [4.69, 9.17) is 16.3 Å². The lowest BCUT2D eigenvalue weighted by molar-refractivity contribution is 0.401. The monoisotopic (exact) mass is 456 g/mol. The fourth-order valence-electron chi connectivity index (χ4n) is 2.79. The van der Waals surface area contributed by atoms with E-state index in [1.54, 1.807) is 12.1 Å². The first-order valence-corrected chi connectivity index (χ1v) is 10.7. The molecule has 156 valence electrons. The van der Waals surface area contributed by atoms with Crippen molar-refractivity contribution in [1.29, 1.82) is 0 Å². The number of hydrogen-bond acceptors (Lipinski definition) is 5. The van der Waals surface area contributed by atoms with Crippen LogP contribution in [0.1, 0.15) is 11.1 Å². The van der Waals surface area contributed by atoms with Gasteiger partial charge < -0.3 is 4.74 Å². The van der Waals surface area contributed by atoms with E-state index in [-0.39, 0.29) is 21.2 Å². The van der Waals surface area contributed by atoms with E-state index in [9.17, 15) is 12.8 Å². The molecule has 2 aromatic carbocycles. The van der Waals surface area contributed by atoms with E-state index in [1.165, 1.54) is 49.7 Å². The maximum Gasteiger partial charge on any atom is 0.262 e. The van der Waals surface area contributed by atoms with Crippen LogP contribution in [0.3, 0.4) is 0 Å². The molecule has 2 aromatic heterocycles. The average molecular weight is 457 g/mol. The predicted molar refractivity (Wildman–Crippen MR) is 115 cm³/mol. The number of rotatable bonds is 4. The largest absolute Gasteiger partial charge is 0.479 e. The van der Waals surface area contributed by atoms with Gasteiger partial charge in [0, 0.05) is 16.8 Å². The third-order valence-electron chi connectivity index (χ3n) is 4.27. The molecule has 31 heavy (non-hydrogen) atoms. The number of benzene rings is 2. The highest BCUT2D eigenvalue weighted by Gasteiger charge is 2.17. The molecule has 0 spiro atoms. The summed E-state index contributed by atoms with van der Waals surface area (Å²) in [5, 5.41) is 7.59. The van der Waals surface area contributed by atoms with Gasteiger partial charge in [0.05, 0.1) is 28.6 Å². The van der Waals surface area contributed by atoms with Crippen molar-refractivity contribution in [2.75, 3.05) is 11.8 Å². The minimum Gasteiger partial charge on any atom is -0.479 e. The number of methoxy groups -OCH3 is 1. The van der Waals surface area contributed by atoms with Gasteiger partial charge in [-0.1, -0.05) is 35.6 Å². The van der Waals surface area contributed by atoms with Gasteiger partial charge in [0.1, 0.15) is 0 Å². The van der Waals surface area contributed by atoms with Gasteiger partial charge in [-0.25, -0.2) is 17.8 Å². The molecular weight excluding hydrogens is 443 g/mol. The molecule has 7 nitrogen and oxygen atoms in total. The van der Waals surface area contributed by atoms with Crippen LogP contribution < -0.4 is 9.46 Å². The van der Waals surface area contributed by atoms with E-state index in [1.807, 2.05) is 0 Å². The standard InChI is InChI=1S/C21H14ClFN4O3S/c1-30-21-17-10-13(12-24-20(17)25-26-21)8-9-14-4-2-7-18(19(14)23)27-31(28,29)16-6-3-5-15(22)11-16/h2-7,10-12,27H,1H3,(H,24,25,26). The number of anilines is 1. The molecule has 0 aliphatic carbocycles. The van der Waals surface area contributed by atoms with E-state index in [0.717, 1.165) is 0 Å². The van der Waals surface area contributed by atoms with Crippen molar-refractivity contribution in [2.45, 2.75) is 4.90 Å². The summed E-state index contributed by atoms with van der Waals surface area (Å²) in [5.74, 6) is 5.10. The molecular formula is C21H14ClFN4O3S. The molecule has 0 aliphatic rings. The number of nitrogens with zero attached hydrogens (tertiary/aromatic N) is 2. The summed E-state index contributed by atoms with van der Waals surface area (Å²) in [6.07, 6.45) is 1.51. The number of aromatic nitrogens is 3. The van der Waals surface area contributed by atoms with Crippen LogP contribution in [0.15, 0.2) is 59.6 Å². The van der Waals surface area contributed by atoms with Gasteiger partial charge in [0.25, 0.3) is 10.0 Å². The normalized spacial score (nSPS) is 11.1. The van der Waals surface area contributed by atoms with Crippen molar-refractivity contribution < 1.29 is 17.5 Å². The molecule has 0 radical (unpaired) electrons. The topological polar surface area (TPSA) is 97.0 Å². The number of nitrogens with one attached hydrogen (secondary N) is 2. The minimum absolute atomic E-state index is 0.0190. The van der Waals surface area contributed by atoms with E-state index in [2.05, 4.69) is 31.7 Å². The molecule has 0 fully saturated rings. The molecule has 2 heterocycles. The number of halogens is 2. The van der Waals surface area contributed by atoms with Crippen LogP contribution in [-0.2, 0) is 10.0 Å². The zero-order valence-corrected chi connectivity index (χ0v) is 17.6. The molecule has 4 rings (SSSR count). The zero-order chi connectivity index (χ0) is 22.0. The van der Waals surface area contributed by atoms with Crippen LogP contribution in [0.25, 0.3) is 11.0 Å². The highest BCUT2D eigenvalue weighted by Crippen LogP contribution is 2.24. The van der Waals surface area contributed by atoms with Crippen LogP contribution in [-0.4, -0.2) is 30.7 Å². The lowest BCUT2D eigenvalue weighted by Gasteiger charge is -2.10. The van der Waals surface area contributed by atoms with Gasteiger partial charge in [-0.3, -0.25) is 9.82 Å². The molecule has 4 aromatic rings. The van der Waals surface area contributed by atoms with Crippen molar-refractivity contribution in [3.05, 3.63) is 76.7 Å². The Morgan fingerprint density at radius 3 is 2.74 bits per heavy atom. The zero-order valence-electron chi connectivity index (χ0n) is 16.0. The maximum absolute atomic E-state index is 14.9. The molecule has 0 aliphatic heterocycles. The third-order valence-corrected chi connectivity index (χ3v) is 5.86. The maximum atomic E-state index is 14.9. The molecule has 0 saturated carbocycles. The molecule has 0 saturated heterocycles. The quantitative estimate of drug-likeness (QED) is 0.453. The number of ether oxygens (including phenoxy) is 1. The van der Waals surface area contributed by atoms with Gasteiger partial charge in [0.2, 0.25) is 5.88 Å². The first-order valence-electron chi connectivity index (χ1n) is 8.84. The van der Waals surface area contributed by atoms with Crippen molar-refractivity contribution in [3.63, 3.8) is 0 Å². The molecule has 10 heteroatoms. The van der Waals surface area contributed by atoms with Gasteiger partial charge in [-0.15, -0.1) is 5.10 Å². The van der Waals surface area contributed by atoms with E-state index < -0.39 is 15.8 Å². The van der Waals surface area contributed by atoms with Crippen LogP contribution in [0.2, 0.25) is 5.02 Å². The van der Waals surface area contributed by atoms with Crippen LogP contribution >= 0.6 is 11.6 Å². The van der Waals surface area contributed by atoms with E-state index in [0.29, 0.717) is 22.5 Å². The van der Waals surface area contributed by atoms with Crippen molar-refractivity contribution in [1.82, 2.24) is 15.2 Å². The smallest absolute Gasteiger partial charge is 0.262 e. The van der Waals surface area contributed by atoms with Crippen molar-refractivity contribution in [3.8, 4) is 17.7 Å². The number of hydrogen-bond donors (Lipinski definition) is 2. The summed E-state index contributed by atoms with van der Waals surface area (Å²) in [5.41, 5.74) is 0.838. The summed E-state index contributed by atoms with van der Waals surface area (Å²) < 4.78 is 47.4. The first-order chi connectivity index (χ1) is 14.9. The lowest BCUT2D eigenvalue weighted by Crippen LogP contribution is -2.14. The minimum atomic E-state index is -4.02. The Morgan fingerprint density at radius 1 is 1.16 bits per heavy atom. The van der Waals surface area contributed by atoms with Gasteiger partial charge in [-0.2, -0.15) is 0 Å². The van der Waals surface area contributed by atoms with Crippen LogP contribution in [0.4, 0.5) is 10.1 Å². The van der Waals surface area contributed by atoms with Crippen molar-refractivity contribution in [2.24, 2.45) is 0 Å². The molecule has 0 unspecified atom stereocenters. The molecule has 0 atom stereocenters. The second-order valence-corrected chi connectivity index (χ2v) is 8.45. The highest BCUT2D eigenvalue weighted by atomic mass is 35.5. The van der Waals surface area contributed by atoms with Crippen LogP contribution in [0.5, 0.6) is 5.88 Å². The Bertz CT molecular complexity index is 1460. The summed E-state index contributed by atoms with van der Waals surface area (Å²) in [6.45, 7) is 0. The van der Waals surface area contributed by atoms with Gasteiger partial charge in [0.15, 0.2) is 11.5 Å². The summed E-state index contributed by atoms with van der Waals surface area (Å²) in [7, 11) is -2.54. The van der Waals surface area contributed by atoms with Gasteiger partial charge in [-0.05, 0) is 36.4 Å². The lowest BCUT2D eigenvalue weighted by atomic mass is 10.1. The SMILES string of the molecule is COc1n[nH]c2ncc(C#Cc3cccc(NS(=O)(=O)c4cccc(Cl)c4)c3F)cc12. The second-order valence-electron chi connectivity index (χ2n) is 6.33. The number of sulfonamides is 1. The summed E-state index contributed by atoms with van der Waals surface area (Å²) in [4.78, 5) is 4.12. The second kappa shape index (κ2) is 8.26. The van der Waals surface area contributed by atoms with E-state index >= 15 is 0 Å². The molecule has 2 N–H and O–H groups in total. The number of fused-ring (bicyclic) bond motifs is 1. The fourth-order valence-corrected chi connectivity index (χ4v) is 4.15. The number of aromatic amines is 1. The van der Waals surface area contributed by atoms with Crippen LogP contribution in [0, 0.1) is 17.7 Å². The molecule has 0 bridgehead atoms. The average Bonchev–Trinajstić information content (AvgIpc) is 3.16. The Hall–Kier alpha value is -3.61. The Morgan fingerprint density at radius 2 is 1.97 bits per heavy atom. The summed E-state index contributed by atoms with van der Waals surface area (Å²) in [6, 6.07) is 11.7. The predicted octanol–water partition coefficient (Wildman–Crippen LogP) is 3.96. The Kier molecular flexibility index (Phi) is 5.50. The third kappa shape index (κ3) is 4.30. The molecule has 0 amide bonds. The summed E-state index contributed by atoms with van der Waals surface area (Å²) >= 11 is 5.85. The Balaban J connectivity index is 1.65. The fraction of sp³-hybridized carbons (Fsp3) is 0.0476. The number of pyridine rings is 1.